The van der Waals surface area contributed by atoms with Crippen molar-refractivity contribution in [3.05, 3.63) is 0 Å². The summed E-state index contributed by atoms with van der Waals surface area (Å²) in [5.74, 6) is -0.296. The monoisotopic (exact) mass is 284 g/mol. The molecule has 0 aliphatic carbocycles. The molecule has 5 heteroatoms. The molecule has 0 amide bonds. The second kappa shape index (κ2) is 3.93. The van der Waals surface area contributed by atoms with Crippen LogP contribution in [-0.4, -0.2) is 24.1 Å². The maximum atomic E-state index is 11.9. The van der Waals surface area contributed by atoms with Gasteiger partial charge in [0.25, 0.3) is 0 Å². The lowest BCUT2D eigenvalue weighted by Gasteiger charge is -2.29. The number of hydrogen-bond donors (Lipinski definition) is 0. The third kappa shape index (κ3) is 2.57. The van der Waals surface area contributed by atoms with E-state index in [1.54, 1.807) is 27.7 Å². The second-order valence-corrected chi connectivity index (χ2v) is 8.55. The van der Waals surface area contributed by atoms with E-state index in [0.29, 0.717) is 0 Å². The molecule has 0 aliphatic heterocycles. The molecular weight excluding hydrogens is 268 g/mol. The van der Waals surface area contributed by atoms with E-state index in [0.717, 1.165) is 6.26 Å². The Labute approximate surface area is 94.3 Å². The number of carbonyl (C=O) groups excluding carboxylic acids is 1. The van der Waals surface area contributed by atoms with E-state index >= 15 is 0 Å². The zero-order valence-electron chi connectivity index (χ0n) is 9.22. The van der Waals surface area contributed by atoms with E-state index in [2.05, 4.69) is 15.9 Å². The van der Waals surface area contributed by atoms with Crippen molar-refractivity contribution in [1.29, 1.82) is 0 Å². The molecular formula is C9H17BrO3S. The van der Waals surface area contributed by atoms with Crippen LogP contribution in [0.4, 0.5) is 0 Å². The summed E-state index contributed by atoms with van der Waals surface area (Å²) in [6.45, 7) is 6.82. The predicted octanol–water partition coefficient (Wildman–Crippen LogP) is 2.15. The summed E-state index contributed by atoms with van der Waals surface area (Å²) in [6.07, 6.45) is 1.32. The molecule has 0 aromatic rings. The van der Waals surface area contributed by atoms with Gasteiger partial charge < -0.3 is 0 Å². The molecule has 14 heavy (non-hydrogen) atoms. The van der Waals surface area contributed by atoms with Crippen molar-refractivity contribution >= 4 is 31.6 Å². The highest BCUT2D eigenvalue weighted by atomic mass is 79.9. The SMILES string of the molecule is CC[C@@](Br)(C(=O)C(C)(C)C)S(C)(=O)=O. The van der Waals surface area contributed by atoms with Crippen molar-refractivity contribution in [2.24, 2.45) is 5.41 Å². The van der Waals surface area contributed by atoms with E-state index in [-0.39, 0.29) is 12.2 Å². The van der Waals surface area contributed by atoms with Crippen molar-refractivity contribution in [2.45, 2.75) is 37.8 Å². The van der Waals surface area contributed by atoms with Gasteiger partial charge in [-0.25, -0.2) is 8.42 Å². The standard InChI is InChI=1S/C9H17BrO3S/c1-6-9(10,14(5,12)13)7(11)8(2,3)4/h6H2,1-5H3/t9-/m0/s1. The Morgan fingerprint density at radius 2 is 1.64 bits per heavy atom. The third-order valence-electron chi connectivity index (χ3n) is 2.06. The topological polar surface area (TPSA) is 51.2 Å². The summed E-state index contributed by atoms with van der Waals surface area (Å²) in [7, 11) is -3.43. The minimum Gasteiger partial charge on any atom is -0.296 e. The highest BCUT2D eigenvalue weighted by Crippen LogP contribution is 2.36. The number of ketones is 1. The number of rotatable bonds is 3. The minimum absolute atomic E-state index is 0.238. The van der Waals surface area contributed by atoms with Gasteiger partial charge in [0.1, 0.15) is 0 Å². The molecule has 0 aromatic heterocycles. The van der Waals surface area contributed by atoms with Crippen LogP contribution in [0.1, 0.15) is 34.1 Å². The van der Waals surface area contributed by atoms with Crippen LogP contribution in [0.2, 0.25) is 0 Å². The highest BCUT2D eigenvalue weighted by Gasteiger charge is 2.48. The average molecular weight is 285 g/mol. The van der Waals surface area contributed by atoms with E-state index in [1.165, 1.54) is 0 Å². The summed E-state index contributed by atoms with van der Waals surface area (Å²) >= 11 is 3.07. The lowest BCUT2D eigenvalue weighted by atomic mass is 9.88. The summed E-state index contributed by atoms with van der Waals surface area (Å²) < 4.78 is 21.6. The number of hydrogen-bond acceptors (Lipinski definition) is 3. The van der Waals surface area contributed by atoms with Crippen LogP contribution in [0.15, 0.2) is 0 Å². The number of Topliss-reactive ketones (excluding diaryl/α,β-unsaturated/α-hetero) is 1. The van der Waals surface area contributed by atoms with Gasteiger partial charge >= 0.3 is 0 Å². The van der Waals surface area contributed by atoms with E-state index in [4.69, 9.17) is 0 Å². The van der Waals surface area contributed by atoms with Crippen molar-refractivity contribution < 1.29 is 13.2 Å². The molecule has 0 saturated heterocycles. The minimum atomic E-state index is -3.43. The molecule has 0 rings (SSSR count). The second-order valence-electron chi connectivity index (χ2n) is 4.43. The Balaban J connectivity index is 5.42. The van der Waals surface area contributed by atoms with Crippen molar-refractivity contribution in [3.63, 3.8) is 0 Å². The Bertz CT molecular complexity index is 326. The fraction of sp³-hybridized carbons (Fsp3) is 0.889. The van der Waals surface area contributed by atoms with E-state index < -0.39 is 18.9 Å². The first kappa shape index (κ1) is 14.1. The number of carbonyl (C=O) groups is 1. The lowest BCUT2D eigenvalue weighted by Crippen LogP contribution is -2.45. The Morgan fingerprint density at radius 1 is 1.29 bits per heavy atom. The molecule has 0 spiro atoms. The fourth-order valence-electron chi connectivity index (χ4n) is 1.15. The molecule has 84 valence electrons. The third-order valence-corrected chi connectivity index (χ3v) is 6.40. The quantitative estimate of drug-likeness (QED) is 0.746. The van der Waals surface area contributed by atoms with Gasteiger partial charge in [-0.1, -0.05) is 43.6 Å². The molecule has 0 bridgehead atoms. The maximum Gasteiger partial charge on any atom is 0.184 e. The molecule has 0 fully saturated rings. The molecule has 0 heterocycles. The van der Waals surface area contributed by atoms with E-state index in [9.17, 15) is 13.2 Å². The Kier molecular flexibility index (Phi) is 3.96. The van der Waals surface area contributed by atoms with Crippen LogP contribution in [0.25, 0.3) is 0 Å². The highest BCUT2D eigenvalue weighted by molar-refractivity contribution is 9.12. The summed E-state index contributed by atoms with van der Waals surface area (Å²) in [5.41, 5.74) is -0.664. The molecule has 0 unspecified atom stereocenters. The van der Waals surface area contributed by atoms with Gasteiger partial charge in [-0.15, -0.1) is 0 Å². The van der Waals surface area contributed by atoms with Crippen molar-refractivity contribution in [1.82, 2.24) is 0 Å². The smallest absolute Gasteiger partial charge is 0.184 e. The molecule has 0 saturated carbocycles. The number of sulfone groups is 1. The molecule has 0 N–H and O–H groups in total. The molecule has 0 aromatic carbocycles. The van der Waals surface area contributed by atoms with Crippen molar-refractivity contribution in [2.75, 3.05) is 6.26 Å². The molecule has 0 radical (unpaired) electrons. The largest absolute Gasteiger partial charge is 0.296 e. The van der Waals surface area contributed by atoms with Crippen LogP contribution in [0.3, 0.4) is 0 Å². The van der Waals surface area contributed by atoms with Gasteiger partial charge in [0.05, 0.1) is 0 Å². The summed E-state index contributed by atoms with van der Waals surface area (Å²) in [6, 6.07) is 0. The first-order valence-electron chi connectivity index (χ1n) is 4.40. The summed E-state index contributed by atoms with van der Waals surface area (Å²) in [4.78, 5) is 11.9. The van der Waals surface area contributed by atoms with Gasteiger partial charge in [0.2, 0.25) is 0 Å². The fourth-order valence-corrected chi connectivity index (χ4v) is 2.91. The molecule has 1 atom stereocenters. The average Bonchev–Trinajstić information content (AvgIpc) is 1.97. The van der Waals surface area contributed by atoms with Crippen molar-refractivity contribution in [3.8, 4) is 0 Å². The Hall–Kier alpha value is 0.1000. The predicted molar refractivity (Wildman–Crippen MR) is 61.3 cm³/mol. The summed E-state index contributed by atoms with van der Waals surface area (Å²) in [5, 5.41) is 0. The zero-order valence-corrected chi connectivity index (χ0v) is 11.6. The molecule has 0 aliphatic rings. The Morgan fingerprint density at radius 3 is 1.71 bits per heavy atom. The lowest BCUT2D eigenvalue weighted by molar-refractivity contribution is -0.126. The van der Waals surface area contributed by atoms with Crippen LogP contribution in [0, 0.1) is 5.41 Å². The van der Waals surface area contributed by atoms with Gasteiger partial charge in [-0.05, 0) is 6.42 Å². The van der Waals surface area contributed by atoms with Gasteiger partial charge in [0, 0.05) is 11.7 Å². The van der Waals surface area contributed by atoms with Gasteiger partial charge in [-0.3, -0.25) is 4.79 Å². The zero-order chi connectivity index (χ0) is 11.8. The van der Waals surface area contributed by atoms with Crippen LogP contribution in [0.5, 0.6) is 0 Å². The first-order chi connectivity index (χ1) is 5.97. The van der Waals surface area contributed by atoms with Crippen LogP contribution < -0.4 is 0 Å². The first-order valence-corrected chi connectivity index (χ1v) is 7.08. The van der Waals surface area contributed by atoms with Crippen LogP contribution >= 0.6 is 15.9 Å². The maximum absolute atomic E-state index is 11.9. The number of alkyl halides is 1. The van der Waals surface area contributed by atoms with Gasteiger partial charge in [0.15, 0.2) is 19.3 Å². The normalized spacial score (nSPS) is 17.6. The van der Waals surface area contributed by atoms with Gasteiger partial charge in [-0.2, -0.15) is 0 Å². The number of halogens is 1. The molecule has 3 nitrogen and oxygen atoms in total. The van der Waals surface area contributed by atoms with E-state index in [1.807, 2.05) is 0 Å². The van der Waals surface area contributed by atoms with Crippen LogP contribution in [-0.2, 0) is 14.6 Å².